The van der Waals surface area contributed by atoms with Crippen LogP contribution in [-0.2, 0) is 0 Å². The van der Waals surface area contributed by atoms with Crippen LogP contribution in [0.5, 0.6) is 0 Å². The molecule has 0 unspecified atom stereocenters. The summed E-state index contributed by atoms with van der Waals surface area (Å²) >= 11 is 3.29. The summed E-state index contributed by atoms with van der Waals surface area (Å²) in [5, 5.41) is 2.88. The zero-order valence-electron chi connectivity index (χ0n) is 9.10. The molecule has 1 aromatic carbocycles. The van der Waals surface area contributed by atoms with Crippen LogP contribution in [-0.4, -0.2) is 11.4 Å². The van der Waals surface area contributed by atoms with Gasteiger partial charge in [-0.2, -0.15) is 0 Å². The van der Waals surface area contributed by atoms with E-state index in [1.165, 1.54) is 0 Å². The average molecular weight is 271 g/mol. The van der Waals surface area contributed by atoms with Gasteiger partial charge in [-0.25, -0.2) is 0 Å². The Morgan fingerprint density at radius 1 is 1.40 bits per heavy atom. The van der Waals surface area contributed by atoms with Crippen LogP contribution in [0.25, 0.3) is 0 Å². The monoisotopic (exact) mass is 270 g/mol. The van der Waals surface area contributed by atoms with Gasteiger partial charge in [0.15, 0.2) is 0 Å². The third-order valence-corrected chi connectivity index (χ3v) is 2.44. The molecule has 0 fully saturated rings. The first-order chi connectivity index (χ1) is 6.79. The van der Waals surface area contributed by atoms with E-state index in [0.29, 0.717) is 11.3 Å². The molecule has 0 bridgehead atoms. The van der Waals surface area contributed by atoms with Crippen molar-refractivity contribution in [3.63, 3.8) is 0 Å². The molecule has 4 heteroatoms. The van der Waals surface area contributed by atoms with Crippen molar-refractivity contribution < 1.29 is 4.79 Å². The molecule has 1 rings (SSSR count). The van der Waals surface area contributed by atoms with E-state index in [4.69, 9.17) is 5.73 Å². The fourth-order valence-electron chi connectivity index (χ4n) is 1.08. The van der Waals surface area contributed by atoms with Gasteiger partial charge in [0.05, 0.1) is 0 Å². The summed E-state index contributed by atoms with van der Waals surface area (Å²) in [7, 11) is 0. The summed E-state index contributed by atoms with van der Waals surface area (Å²) in [6, 6.07) is 5.14. The molecule has 0 aliphatic heterocycles. The Morgan fingerprint density at radius 3 is 2.47 bits per heavy atom. The molecular formula is C11H15BrN2O. The number of hydrogen-bond acceptors (Lipinski definition) is 2. The number of nitrogens with one attached hydrogen (secondary N) is 1. The van der Waals surface area contributed by atoms with E-state index in [2.05, 4.69) is 21.2 Å². The van der Waals surface area contributed by atoms with Gasteiger partial charge in [0.2, 0.25) is 0 Å². The van der Waals surface area contributed by atoms with Crippen LogP contribution in [0.2, 0.25) is 0 Å². The number of carbonyl (C=O) groups is 1. The fourth-order valence-corrected chi connectivity index (χ4v) is 1.46. The van der Waals surface area contributed by atoms with Crippen LogP contribution in [0.4, 0.5) is 5.69 Å². The summed E-state index contributed by atoms with van der Waals surface area (Å²) in [6.45, 7) is 5.83. The van der Waals surface area contributed by atoms with Crippen molar-refractivity contribution in [3.8, 4) is 0 Å². The van der Waals surface area contributed by atoms with Crippen LogP contribution >= 0.6 is 15.9 Å². The highest BCUT2D eigenvalue weighted by atomic mass is 79.9. The summed E-state index contributed by atoms with van der Waals surface area (Å²) in [4.78, 5) is 11.8. The lowest BCUT2D eigenvalue weighted by Crippen LogP contribution is -2.40. The van der Waals surface area contributed by atoms with Crippen molar-refractivity contribution >= 4 is 27.5 Å². The molecule has 1 aromatic rings. The number of halogens is 1. The molecule has 1 amide bonds. The van der Waals surface area contributed by atoms with Gasteiger partial charge in [0.1, 0.15) is 0 Å². The van der Waals surface area contributed by atoms with Crippen molar-refractivity contribution in [2.24, 2.45) is 0 Å². The van der Waals surface area contributed by atoms with Crippen LogP contribution in [0.15, 0.2) is 22.7 Å². The number of nitrogen functional groups attached to an aromatic ring is 1. The summed E-state index contributed by atoms with van der Waals surface area (Å²) in [6.07, 6.45) is 0. The lowest BCUT2D eigenvalue weighted by atomic mass is 10.1. The summed E-state index contributed by atoms with van der Waals surface area (Å²) in [5.41, 5.74) is 6.64. The third kappa shape index (κ3) is 3.55. The molecule has 3 N–H and O–H groups in total. The van der Waals surface area contributed by atoms with Crippen LogP contribution in [0.1, 0.15) is 31.1 Å². The Labute approximate surface area is 98.2 Å². The first-order valence-electron chi connectivity index (χ1n) is 4.67. The second-order valence-corrected chi connectivity index (χ2v) is 5.29. The Hall–Kier alpha value is -1.03. The molecule has 0 aromatic heterocycles. The highest BCUT2D eigenvalue weighted by molar-refractivity contribution is 9.10. The molecule has 0 saturated heterocycles. The minimum atomic E-state index is -0.231. The van der Waals surface area contributed by atoms with E-state index < -0.39 is 0 Å². The second-order valence-electron chi connectivity index (χ2n) is 4.44. The normalized spacial score (nSPS) is 11.2. The Kier molecular flexibility index (Phi) is 3.39. The molecule has 15 heavy (non-hydrogen) atoms. The first kappa shape index (κ1) is 12.0. The Bertz CT molecular complexity index is 383. The molecule has 82 valence electrons. The molecule has 0 aliphatic carbocycles. The van der Waals surface area contributed by atoms with Gasteiger partial charge >= 0.3 is 0 Å². The molecule has 0 aliphatic rings. The zero-order valence-corrected chi connectivity index (χ0v) is 10.7. The number of hydrogen-bond donors (Lipinski definition) is 2. The second kappa shape index (κ2) is 4.23. The SMILES string of the molecule is CC(C)(C)NC(=O)c1ccc(N)c(Br)c1. The van der Waals surface area contributed by atoms with Crippen LogP contribution in [0.3, 0.4) is 0 Å². The van der Waals surface area contributed by atoms with E-state index in [0.717, 1.165) is 4.47 Å². The highest BCUT2D eigenvalue weighted by Gasteiger charge is 2.15. The van der Waals surface area contributed by atoms with E-state index in [9.17, 15) is 4.79 Å². The molecule has 3 nitrogen and oxygen atoms in total. The zero-order chi connectivity index (χ0) is 11.6. The molecule has 0 spiro atoms. The number of amides is 1. The van der Waals surface area contributed by atoms with Crippen LogP contribution in [0, 0.1) is 0 Å². The smallest absolute Gasteiger partial charge is 0.251 e. The van der Waals surface area contributed by atoms with Gasteiger partial charge in [-0.3, -0.25) is 4.79 Å². The minimum Gasteiger partial charge on any atom is -0.398 e. The van der Waals surface area contributed by atoms with Gasteiger partial charge in [-0.15, -0.1) is 0 Å². The molecule has 0 saturated carbocycles. The van der Waals surface area contributed by atoms with Crippen molar-refractivity contribution in [2.75, 3.05) is 5.73 Å². The first-order valence-corrected chi connectivity index (χ1v) is 5.46. The number of anilines is 1. The minimum absolute atomic E-state index is 0.0943. The highest BCUT2D eigenvalue weighted by Crippen LogP contribution is 2.20. The van der Waals surface area contributed by atoms with Crippen LogP contribution < -0.4 is 11.1 Å². The maximum atomic E-state index is 11.8. The quantitative estimate of drug-likeness (QED) is 0.771. The molecule has 0 radical (unpaired) electrons. The lowest BCUT2D eigenvalue weighted by Gasteiger charge is -2.20. The molecular weight excluding hydrogens is 256 g/mol. The third-order valence-electron chi connectivity index (χ3n) is 1.75. The van der Waals surface area contributed by atoms with E-state index in [1.807, 2.05) is 20.8 Å². The Morgan fingerprint density at radius 2 is 2.00 bits per heavy atom. The van der Waals surface area contributed by atoms with Gasteiger partial charge in [-0.1, -0.05) is 0 Å². The van der Waals surface area contributed by atoms with Crippen molar-refractivity contribution in [2.45, 2.75) is 26.3 Å². The number of benzene rings is 1. The number of nitrogens with two attached hydrogens (primary N) is 1. The summed E-state index contributed by atoms with van der Waals surface area (Å²) < 4.78 is 0.740. The average Bonchev–Trinajstić information content (AvgIpc) is 2.06. The van der Waals surface area contributed by atoms with Gasteiger partial charge in [0, 0.05) is 21.3 Å². The Balaban J connectivity index is 2.88. The predicted octanol–water partition coefficient (Wildman–Crippen LogP) is 2.56. The lowest BCUT2D eigenvalue weighted by molar-refractivity contribution is 0.0919. The van der Waals surface area contributed by atoms with Crippen molar-refractivity contribution in [1.29, 1.82) is 0 Å². The van der Waals surface area contributed by atoms with E-state index in [-0.39, 0.29) is 11.4 Å². The summed E-state index contributed by atoms with van der Waals surface area (Å²) in [5.74, 6) is -0.0943. The maximum Gasteiger partial charge on any atom is 0.251 e. The van der Waals surface area contributed by atoms with Crippen molar-refractivity contribution in [1.82, 2.24) is 5.32 Å². The number of rotatable bonds is 1. The fraction of sp³-hybridized carbons (Fsp3) is 0.364. The maximum absolute atomic E-state index is 11.8. The largest absolute Gasteiger partial charge is 0.398 e. The molecule has 0 atom stereocenters. The number of carbonyl (C=O) groups excluding carboxylic acids is 1. The van der Waals surface area contributed by atoms with Gasteiger partial charge < -0.3 is 11.1 Å². The topological polar surface area (TPSA) is 55.1 Å². The van der Waals surface area contributed by atoms with Gasteiger partial charge in [0.25, 0.3) is 5.91 Å². The van der Waals surface area contributed by atoms with Gasteiger partial charge in [-0.05, 0) is 54.9 Å². The van der Waals surface area contributed by atoms with E-state index >= 15 is 0 Å². The molecule has 0 heterocycles. The predicted molar refractivity (Wildman–Crippen MR) is 65.8 cm³/mol. The van der Waals surface area contributed by atoms with Crippen molar-refractivity contribution in [3.05, 3.63) is 28.2 Å². The standard InChI is InChI=1S/C11H15BrN2O/c1-11(2,3)14-10(15)7-4-5-9(13)8(12)6-7/h4-6H,13H2,1-3H3,(H,14,15). The van der Waals surface area contributed by atoms with E-state index in [1.54, 1.807) is 18.2 Å².